The number of carbonyl (C=O) groups is 2. The number of amides is 2. The maximum absolute atomic E-state index is 12.5. The topological polar surface area (TPSA) is 101 Å². The molecule has 0 aromatic heterocycles. The van der Waals surface area contributed by atoms with Crippen LogP contribution in [0.3, 0.4) is 0 Å². The Kier molecular flexibility index (Phi) is 5.53. The highest BCUT2D eigenvalue weighted by Gasteiger charge is 2.20. The van der Waals surface area contributed by atoms with Crippen LogP contribution in [-0.2, 0) is 4.79 Å². The predicted molar refractivity (Wildman–Crippen MR) is 103 cm³/mol. The quantitative estimate of drug-likeness (QED) is 0.769. The van der Waals surface area contributed by atoms with E-state index in [2.05, 4.69) is 10.2 Å². The van der Waals surface area contributed by atoms with Crippen molar-refractivity contribution < 1.29 is 9.59 Å². The van der Waals surface area contributed by atoms with Crippen LogP contribution in [0.25, 0.3) is 0 Å². The number of benzene rings is 2. The molecule has 0 spiro atoms. The lowest BCUT2D eigenvalue weighted by Crippen LogP contribution is -2.32. The molecule has 2 aromatic rings. The molecule has 1 saturated heterocycles. The molecule has 1 aliphatic heterocycles. The highest BCUT2D eigenvalue weighted by atomic mass is 16.2. The van der Waals surface area contributed by atoms with Crippen molar-refractivity contribution in [3.8, 4) is 0 Å². The molecule has 0 aliphatic carbocycles. The Morgan fingerprint density at radius 2 is 1.69 bits per heavy atom. The molecule has 6 heteroatoms. The van der Waals surface area contributed by atoms with E-state index in [1.54, 1.807) is 18.2 Å². The smallest absolute Gasteiger partial charge is 0.250 e. The van der Waals surface area contributed by atoms with E-state index < -0.39 is 11.9 Å². The number of rotatable bonds is 5. The van der Waals surface area contributed by atoms with Gasteiger partial charge in [-0.25, -0.2) is 0 Å². The second-order valence-corrected chi connectivity index (χ2v) is 6.52. The van der Waals surface area contributed by atoms with Gasteiger partial charge in [-0.1, -0.05) is 30.3 Å². The fourth-order valence-electron chi connectivity index (χ4n) is 3.25. The summed E-state index contributed by atoms with van der Waals surface area (Å²) in [5.41, 5.74) is 14.2. The van der Waals surface area contributed by atoms with Crippen molar-refractivity contribution in [1.82, 2.24) is 0 Å². The Morgan fingerprint density at radius 3 is 2.35 bits per heavy atom. The summed E-state index contributed by atoms with van der Waals surface area (Å²) in [6, 6.07) is 13.6. The van der Waals surface area contributed by atoms with Gasteiger partial charge in [-0.05, 0) is 43.0 Å². The van der Waals surface area contributed by atoms with Crippen LogP contribution in [0.1, 0.15) is 41.2 Å². The summed E-state index contributed by atoms with van der Waals surface area (Å²) < 4.78 is 0. The van der Waals surface area contributed by atoms with Crippen LogP contribution < -0.4 is 21.7 Å². The van der Waals surface area contributed by atoms with Gasteiger partial charge in [0.25, 0.3) is 5.91 Å². The van der Waals surface area contributed by atoms with Gasteiger partial charge in [0.2, 0.25) is 5.91 Å². The molecule has 0 saturated carbocycles. The molecule has 26 heavy (non-hydrogen) atoms. The first kappa shape index (κ1) is 17.9. The van der Waals surface area contributed by atoms with Crippen LogP contribution in [0.15, 0.2) is 48.5 Å². The van der Waals surface area contributed by atoms with Crippen molar-refractivity contribution in [2.75, 3.05) is 23.3 Å². The standard InChI is InChI=1S/C20H24N4O2/c21-18(14-7-3-1-4-8-14)20(26)23-15-9-10-16(19(22)25)17(13-15)24-11-5-2-6-12-24/h1,3-4,7-10,13,18H,2,5-6,11-12,21H2,(H2,22,25)(H,23,26). The number of anilines is 2. The minimum atomic E-state index is -0.759. The Morgan fingerprint density at radius 1 is 1.00 bits per heavy atom. The first-order valence-corrected chi connectivity index (χ1v) is 8.86. The van der Waals surface area contributed by atoms with E-state index in [-0.39, 0.29) is 5.91 Å². The molecule has 2 aromatic carbocycles. The minimum absolute atomic E-state index is 0.299. The third-order valence-corrected chi connectivity index (χ3v) is 4.67. The van der Waals surface area contributed by atoms with E-state index in [1.165, 1.54) is 6.42 Å². The van der Waals surface area contributed by atoms with Gasteiger partial charge in [0, 0.05) is 18.8 Å². The average Bonchev–Trinajstić information content (AvgIpc) is 2.68. The predicted octanol–water partition coefficient (Wildman–Crippen LogP) is 2.41. The normalized spacial score (nSPS) is 15.3. The fraction of sp³-hybridized carbons (Fsp3) is 0.300. The second kappa shape index (κ2) is 8.01. The third-order valence-electron chi connectivity index (χ3n) is 4.67. The number of hydrogen-bond donors (Lipinski definition) is 3. The lowest BCUT2D eigenvalue weighted by atomic mass is 10.0. The van der Waals surface area contributed by atoms with Crippen molar-refractivity contribution in [3.63, 3.8) is 0 Å². The SMILES string of the molecule is NC(=O)c1ccc(NC(=O)C(N)c2ccccc2)cc1N1CCCCC1. The Bertz CT molecular complexity index is 786. The van der Waals surface area contributed by atoms with Crippen molar-refractivity contribution in [2.24, 2.45) is 11.5 Å². The molecule has 3 rings (SSSR count). The van der Waals surface area contributed by atoms with E-state index >= 15 is 0 Å². The van der Waals surface area contributed by atoms with Crippen molar-refractivity contribution in [2.45, 2.75) is 25.3 Å². The summed E-state index contributed by atoms with van der Waals surface area (Å²) in [7, 11) is 0. The molecule has 1 atom stereocenters. The molecular formula is C20H24N4O2. The molecule has 1 aliphatic rings. The molecular weight excluding hydrogens is 328 g/mol. The number of nitrogens with one attached hydrogen (secondary N) is 1. The first-order chi connectivity index (χ1) is 12.6. The van der Waals surface area contributed by atoms with Gasteiger partial charge in [0.1, 0.15) is 6.04 Å². The number of primary amides is 1. The molecule has 0 bridgehead atoms. The number of carbonyl (C=O) groups excluding carboxylic acids is 2. The molecule has 6 nitrogen and oxygen atoms in total. The largest absolute Gasteiger partial charge is 0.371 e. The molecule has 2 amide bonds. The summed E-state index contributed by atoms with van der Waals surface area (Å²) in [5.74, 6) is -0.767. The van der Waals surface area contributed by atoms with Gasteiger partial charge in [0.15, 0.2) is 0 Å². The van der Waals surface area contributed by atoms with E-state index in [1.807, 2.05) is 30.3 Å². The Balaban J connectivity index is 1.81. The van der Waals surface area contributed by atoms with E-state index in [0.717, 1.165) is 37.2 Å². The van der Waals surface area contributed by atoms with Gasteiger partial charge >= 0.3 is 0 Å². The van der Waals surface area contributed by atoms with Gasteiger partial charge in [-0.15, -0.1) is 0 Å². The highest BCUT2D eigenvalue weighted by molar-refractivity contribution is 6.01. The van der Waals surface area contributed by atoms with E-state index in [4.69, 9.17) is 11.5 Å². The van der Waals surface area contributed by atoms with E-state index in [0.29, 0.717) is 11.3 Å². The Hall–Kier alpha value is -2.86. The van der Waals surface area contributed by atoms with Crippen LogP contribution in [0.5, 0.6) is 0 Å². The number of piperidine rings is 1. The molecule has 136 valence electrons. The van der Waals surface area contributed by atoms with Crippen LogP contribution in [-0.4, -0.2) is 24.9 Å². The van der Waals surface area contributed by atoms with Crippen molar-refractivity contribution in [1.29, 1.82) is 0 Å². The summed E-state index contributed by atoms with van der Waals surface area (Å²) in [4.78, 5) is 26.4. The third kappa shape index (κ3) is 4.03. The van der Waals surface area contributed by atoms with Gasteiger partial charge in [0.05, 0.1) is 11.3 Å². The zero-order valence-corrected chi connectivity index (χ0v) is 14.7. The summed E-state index contributed by atoms with van der Waals surface area (Å²) in [6.45, 7) is 1.75. The van der Waals surface area contributed by atoms with Crippen LogP contribution in [0.4, 0.5) is 11.4 Å². The maximum atomic E-state index is 12.5. The van der Waals surface area contributed by atoms with Gasteiger partial charge < -0.3 is 21.7 Å². The van der Waals surface area contributed by atoms with E-state index in [9.17, 15) is 9.59 Å². The fourth-order valence-corrected chi connectivity index (χ4v) is 3.25. The van der Waals surface area contributed by atoms with Gasteiger partial charge in [-0.3, -0.25) is 9.59 Å². The highest BCUT2D eigenvalue weighted by Crippen LogP contribution is 2.28. The molecule has 1 unspecified atom stereocenters. The second-order valence-electron chi connectivity index (χ2n) is 6.52. The minimum Gasteiger partial charge on any atom is -0.371 e. The summed E-state index contributed by atoms with van der Waals surface area (Å²) in [6.07, 6.45) is 3.34. The Labute approximate surface area is 153 Å². The molecule has 1 fully saturated rings. The lowest BCUT2D eigenvalue weighted by molar-refractivity contribution is -0.117. The summed E-state index contributed by atoms with van der Waals surface area (Å²) in [5, 5.41) is 2.84. The monoisotopic (exact) mass is 352 g/mol. The summed E-state index contributed by atoms with van der Waals surface area (Å²) >= 11 is 0. The molecule has 1 heterocycles. The van der Waals surface area contributed by atoms with Gasteiger partial charge in [-0.2, -0.15) is 0 Å². The zero-order chi connectivity index (χ0) is 18.5. The van der Waals surface area contributed by atoms with Crippen LogP contribution in [0, 0.1) is 0 Å². The molecule has 5 N–H and O–H groups in total. The van der Waals surface area contributed by atoms with Crippen molar-refractivity contribution in [3.05, 3.63) is 59.7 Å². The van der Waals surface area contributed by atoms with Crippen LogP contribution in [0.2, 0.25) is 0 Å². The zero-order valence-electron chi connectivity index (χ0n) is 14.7. The first-order valence-electron chi connectivity index (χ1n) is 8.86. The van der Waals surface area contributed by atoms with Crippen LogP contribution >= 0.6 is 0 Å². The maximum Gasteiger partial charge on any atom is 0.250 e. The number of nitrogens with zero attached hydrogens (tertiary/aromatic N) is 1. The number of nitrogens with two attached hydrogens (primary N) is 2. The lowest BCUT2D eigenvalue weighted by Gasteiger charge is -2.30. The molecule has 0 radical (unpaired) electrons. The van der Waals surface area contributed by atoms with Crippen molar-refractivity contribution >= 4 is 23.2 Å². The number of hydrogen-bond acceptors (Lipinski definition) is 4. The average molecular weight is 352 g/mol.